The summed E-state index contributed by atoms with van der Waals surface area (Å²) in [6.45, 7) is 2.03. The normalized spacial score (nSPS) is 30.9. The number of ether oxygens (including phenoxy) is 2. The van der Waals surface area contributed by atoms with Gasteiger partial charge in [0.15, 0.2) is 5.72 Å². The maximum absolute atomic E-state index is 13.7. The number of fused-ring (bicyclic) bond motifs is 4. The number of carbonyl (C=O) groups excluding carboxylic acids is 3. The van der Waals surface area contributed by atoms with Gasteiger partial charge in [0.25, 0.3) is 0 Å². The van der Waals surface area contributed by atoms with Gasteiger partial charge < -0.3 is 30.7 Å². The Morgan fingerprint density at radius 3 is 2.68 bits per heavy atom. The molecule has 1 aromatic rings. The predicted molar refractivity (Wildman–Crippen MR) is 119 cm³/mol. The third kappa shape index (κ3) is 2.84. The topological polar surface area (TPSA) is 133 Å². The Labute approximate surface area is 192 Å². The standard InChI is InChI=1S/C21H21IN4O5/c1-9-15(24-11-5-3-10(22)4-6-11)18(28)14-12(8-31-20(23)29)21(30-2)19-13(25-19)7-26(21)16(14)17(9)27/h3-6,12-13,19,24-25H,7-8H2,1-2H3,(H2,23,29)/t12?,13?,19?,21-/m1/s1. The third-order valence-electron chi connectivity index (χ3n) is 6.54. The van der Waals surface area contributed by atoms with Crippen molar-refractivity contribution < 1.29 is 23.9 Å². The summed E-state index contributed by atoms with van der Waals surface area (Å²) >= 11 is 2.20. The fraction of sp³-hybridized carbons (Fsp3) is 0.381. The number of hydrogen-bond acceptors (Lipinski definition) is 8. The molecule has 4 atom stereocenters. The van der Waals surface area contributed by atoms with Crippen molar-refractivity contribution in [1.29, 1.82) is 0 Å². The minimum Gasteiger partial charge on any atom is -0.449 e. The lowest BCUT2D eigenvalue weighted by molar-refractivity contribution is -0.137. The van der Waals surface area contributed by atoms with Gasteiger partial charge in [-0.1, -0.05) is 0 Å². The number of primary amides is 1. The summed E-state index contributed by atoms with van der Waals surface area (Å²) < 4.78 is 12.1. The van der Waals surface area contributed by atoms with E-state index in [1.54, 1.807) is 14.0 Å². The summed E-state index contributed by atoms with van der Waals surface area (Å²) in [4.78, 5) is 40.4. The molecule has 3 unspecified atom stereocenters. The van der Waals surface area contributed by atoms with Gasteiger partial charge in [-0.15, -0.1) is 0 Å². The highest BCUT2D eigenvalue weighted by Crippen LogP contribution is 2.55. The molecule has 4 aliphatic rings. The third-order valence-corrected chi connectivity index (χ3v) is 7.26. The molecule has 0 saturated carbocycles. The number of allylic oxidation sites excluding steroid dienone is 2. The van der Waals surface area contributed by atoms with E-state index in [-0.39, 0.29) is 36.0 Å². The first-order valence-corrected chi connectivity index (χ1v) is 11.0. The average molecular weight is 536 g/mol. The van der Waals surface area contributed by atoms with E-state index in [1.165, 1.54) is 0 Å². The molecule has 3 heterocycles. The molecular weight excluding hydrogens is 515 g/mol. The molecule has 0 aromatic heterocycles. The zero-order valence-corrected chi connectivity index (χ0v) is 19.1. The zero-order valence-electron chi connectivity index (χ0n) is 16.9. The van der Waals surface area contributed by atoms with E-state index in [1.807, 2.05) is 29.2 Å². The van der Waals surface area contributed by atoms with Crippen molar-refractivity contribution >= 4 is 45.9 Å². The largest absolute Gasteiger partial charge is 0.449 e. The van der Waals surface area contributed by atoms with Crippen LogP contribution in [0.5, 0.6) is 0 Å². The first-order chi connectivity index (χ1) is 14.8. The lowest BCUT2D eigenvalue weighted by Crippen LogP contribution is -2.55. The number of halogens is 1. The van der Waals surface area contributed by atoms with Crippen LogP contribution in [0, 0.1) is 9.49 Å². The van der Waals surface area contributed by atoms with E-state index in [0.717, 1.165) is 3.57 Å². The molecule has 2 fully saturated rings. The van der Waals surface area contributed by atoms with E-state index in [0.29, 0.717) is 29.1 Å². The van der Waals surface area contributed by atoms with E-state index in [4.69, 9.17) is 15.2 Å². The van der Waals surface area contributed by atoms with Crippen molar-refractivity contribution in [3.63, 3.8) is 0 Å². The van der Waals surface area contributed by atoms with Gasteiger partial charge in [0.1, 0.15) is 6.61 Å². The van der Waals surface area contributed by atoms with E-state index < -0.39 is 17.7 Å². The number of rotatable bonds is 5. The van der Waals surface area contributed by atoms with E-state index in [9.17, 15) is 14.4 Å². The maximum Gasteiger partial charge on any atom is 0.404 e. The maximum atomic E-state index is 13.7. The van der Waals surface area contributed by atoms with E-state index in [2.05, 4.69) is 33.2 Å². The minimum atomic E-state index is -0.977. The molecule has 4 N–H and O–H groups in total. The van der Waals surface area contributed by atoms with Gasteiger partial charge >= 0.3 is 6.09 Å². The second-order valence-electron chi connectivity index (χ2n) is 8.05. The van der Waals surface area contributed by atoms with Crippen molar-refractivity contribution in [2.24, 2.45) is 11.7 Å². The molecule has 0 bridgehead atoms. The van der Waals surface area contributed by atoms with Crippen LogP contribution in [0.4, 0.5) is 10.5 Å². The van der Waals surface area contributed by atoms with Crippen LogP contribution in [0.1, 0.15) is 6.92 Å². The Morgan fingerprint density at radius 2 is 2.03 bits per heavy atom. The molecule has 162 valence electrons. The summed E-state index contributed by atoms with van der Waals surface area (Å²) in [5.74, 6) is -1.18. The van der Waals surface area contributed by atoms with Crippen LogP contribution < -0.4 is 16.4 Å². The molecule has 1 aliphatic carbocycles. The number of benzene rings is 1. The summed E-state index contributed by atoms with van der Waals surface area (Å²) in [7, 11) is 1.55. The number of nitrogens with zero attached hydrogens (tertiary/aromatic N) is 1. The second-order valence-corrected chi connectivity index (χ2v) is 9.30. The average Bonchev–Trinajstić information content (AvgIpc) is 3.35. The fourth-order valence-corrected chi connectivity index (χ4v) is 5.48. The Kier molecular flexibility index (Phi) is 4.65. The molecular formula is C21H21IN4O5. The SMILES string of the molecule is CO[C@@]12C(COC(N)=O)C3=C(C(=O)C(C)=C(Nc4ccc(I)cc4)C3=O)N1CC1NC12. The summed E-state index contributed by atoms with van der Waals surface area (Å²) in [6, 6.07) is 7.60. The van der Waals surface area contributed by atoms with Crippen LogP contribution in [0.2, 0.25) is 0 Å². The van der Waals surface area contributed by atoms with Gasteiger partial charge in [-0.3, -0.25) is 9.59 Å². The Morgan fingerprint density at radius 1 is 1.32 bits per heavy atom. The number of hydrogen-bond donors (Lipinski definition) is 3. The van der Waals surface area contributed by atoms with Crippen LogP contribution in [0.25, 0.3) is 0 Å². The molecule has 3 aliphatic heterocycles. The van der Waals surface area contributed by atoms with E-state index >= 15 is 0 Å². The van der Waals surface area contributed by atoms with Crippen LogP contribution in [0.3, 0.4) is 0 Å². The number of piperazine rings is 1. The number of amides is 1. The highest BCUT2D eigenvalue weighted by Gasteiger charge is 2.72. The van der Waals surface area contributed by atoms with Crippen molar-refractivity contribution in [2.45, 2.75) is 24.7 Å². The molecule has 1 aromatic carbocycles. The molecule has 31 heavy (non-hydrogen) atoms. The first-order valence-electron chi connectivity index (χ1n) is 9.87. The molecule has 1 amide bonds. The van der Waals surface area contributed by atoms with Crippen molar-refractivity contribution in [3.05, 3.63) is 50.4 Å². The molecule has 10 heteroatoms. The van der Waals surface area contributed by atoms with Gasteiger partial charge in [-0.2, -0.15) is 0 Å². The van der Waals surface area contributed by atoms with Gasteiger partial charge in [-0.25, -0.2) is 4.79 Å². The Hall–Kier alpha value is -2.44. The number of methoxy groups -OCH3 is 1. The molecule has 0 spiro atoms. The molecule has 5 rings (SSSR count). The summed E-state index contributed by atoms with van der Waals surface area (Å²) in [5, 5.41) is 6.46. The Bertz CT molecular complexity index is 1080. The summed E-state index contributed by atoms with van der Waals surface area (Å²) in [6.07, 6.45) is -0.941. The monoisotopic (exact) mass is 536 g/mol. The number of anilines is 1. The lowest BCUT2D eigenvalue weighted by atomic mass is 9.82. The van der Waals surface area contributed by atoms with Crippen LogP contribution in [-0.2, 0) is 19.1 Å². The minimum absolute atomic E-state index is 0.0712. The number of nitrogens with one attached hydrogen (secondary N) is 2. The summed E-state index contributed by atoms with van der Waals surface area (Å²) in [5.41, 5.74) is 6.15. The van der Waals surface area contributed by atoms with Crippen molar-refractivity contribution in [1.82, 2.24) is 10.2 Å². The lowest BCUT2D eigenvalue weighted by Gasteiger charge is -2.39. The number of Topliss-reactive ketones (excluding diaryl/α,β-unsaturated/α-hetero) is 2. The van der Waals surface area contributed by atoms with Crippen LogP contribution in [0.15, 0.2) is 46.8 Å². The first kappa shape index (κ1) is 20.5. The number of nitrogens with two attached hydrogens (primary N) is 1. The smallest absolute Gasteiger partial charge is 0.404 e. The second kappa shape index (κ2) is 7.04. The Balaban J connectivity index is 1.56. The highest BCUT2D eigenvalue weighted by molar-refractivity contribution is 14.1. The molecule has 2 saturated heterocycles. The van der Waals surface area contributed by atoms with Crippen LogP contribution in [-0.4, -0.2) is 60.6 Å². The van der Waals surface area contributed by atoms with Crippen LogP contribution >= 0.6 is 22.6 Å². The zero-order chi connectivity index (χ0) is 22.1. The number of ketones is 2. The number of carbonyl (C=O) groups is 3. The van der Waals surface area contributed by atoms with Gasteiger partial charge in [0.05, 0.1) is 23.4 Å². The van der Waals surface area contributed by atoms with Crippen molar-refractivity contribution in [2.75, 3.05) is 25.6 Å². The fourth-order valence-electron chi connectivity index (χ4n) is 5.12. The van der Waals surface area contributed by atoms with Gasteiger partial charge in [0.2, 0.25) is 11.6 Å². The quantitative estimate of drug-likeness (QED) is 0.290. The molecule has 9 nitrogen and oxygen atoms in total. The van der Waals surface area contributed by atoms with Crippen molar-refractivity contribution in [3.8, 4) is 0 Å². The van der Waals surface area contributed by atoms with Gasteiger partial charge in [-0.05, 0) is 53.8 Å². The van der Waals surface area contributed by atoms with Gasteiger partial charge in [0, 0.05) is 40.1 Å². The predicted octanol–water partition coefficient (Wildman–Crippen LogP) is 1.11. The highest BCUT2D eigenvalue weighted by atomic mass is 127. The molecule has 0 radical (unpaired) electrons.